The van der Waals surface area contributed by atoms with E-state index in [-0.39, 0.29) is 0 Å². The highest BCUT2D eigenvalue weighted by molar-refractivity contribution is 7.22. The van der Waals surface area contributed by atoms with Crippen LogP contribution in [0.2, 0.25) is 0 Å². The highest BCUT2D eigenvalue weighted by Crippen LogP contribution is 2.48. The molecule has 16 heteroatoms. The molecule has 0 N–H and O–H groups in total. The van der Waals surface area contributed by atoms with E-state index in [1.807, 2.05) is 72.8 Å². The molecule has 13 heterocycles. The largest absolute Gasteiger partial charge is 0.251 e. The number of hydrogen-bond acceptors (Lipinski definition) is 16. The molecule has 0 aromatic carbocycles. The number of fused-ring (bicyclic) bond motifs is 36. The molecule has 0 saturated heterocycles. The van der Waals surface area contributed by atoms with Crippen LogP contribution in [0.1, 0.15) is 0 Å². The molecule has 12 nitrogen and oxygen atoms in total. The van der Waals surface area contributed by atoms with Crippen molar-refractivity contribution in [1.29, 1.82) is 0 Å². The lowest BCUT2D eigenvalue weighted by atomic mass is 10.1. The molecule has 1 aliphatic heterocycles. The number of thiophene rings is 4. The van der Waals surface area contributed by atoms with Gasteiger partial charge in [0.1, 0.15) is 44.1 Å². The van der Waals surface area contributed by atoms with Crippen LogP contribution in [0, 0.1) is 0 Å². The zero-order chi connectivity index (χ0) is 39.3. The zero-order valence-electron chi connectivity index (χ0n) is 30.5. The number of pyridine rings is 4. The predicted molar refractivity (Wildman–Crippen MR) is 239 cm³/mol. The smallest absolute Gasteiger partial charge is 0.110 e. The third kappa shape index (κ3) is 5.11. The first-order chi connectivity index (χ1) is 29.7. The Balaban J connectivity index is 1.11. The normalized spacial score (nSPS) is 12.0. The molecule has 12 aromatic heterocycles. The quantitative estimate of drug-likeness (QED) is 0.143. The van der Waals surface area contributed by atoms with E-state index in [9.17, 15) is 0 Å². The average molecular weight is 845 g/mol. The first kappa shape index (κ1) is 33.7. The van der Waals surface area contributed by atoms with E-state index >= 15 is 0 Å². The van der Waals surface area contributed by atoms with Gasteiger partial charge < -0.3 is 0 Å². The molecule has 16 bridgehead atoms. The molecule has 0 saturated carbocycles. The summed E-state index contributed by atoms with van der Waals surface area (Å²) in [5, 5.41) is 0. The van der Waals surface area contributed by atoms with Crippen LogP contribution in [0.3, 0.4) is 0 Å². The van der Waals surface area contributed by atoms with Crippen LogP contribution < -0.4 is 0 Å². The first-order valence-corrected chi connectivity index (χ1v) is 21.9. The first-order valence-electron chi connectivity index (χ1n) is 18.6. The second-order valence-corrected chi connectivity index (χ2v) is 17.8. The van der Waals surface area contributed by atoms with Crippen molar-refractivity contribution in [2.75, 3.05) is 0 Å². The minimum absolute atomic E-state index is 0.756. The fourth-order valence-corrected chi connectivity index (χ4v) is 12.1. The summed E-state index contributed by atoms with van der Waals surface area (Å²) < 4.78 is 0. The molecule has 0 spiro atoms. The van der Waals surface area contributed by atoms with Crippen molar-refractivity contribution in [2.24, 2.45) is 0 Å². The van der Waals surface area contributed by atoms with Gasteiger partial charge in [0.2, 0.25) is 0 Å². The van der Waals surface area contributed by atoms with Crippen molar-refractivity contribution in [3.63, 3.8) is 0 Å². The van der Waals surface area contributed by atoms with Crippen LogP contribution >= 0.6 is 45.3 Å². The maximum Gasteiger partial charge on any atom is 0.110 e. The van der Waals surface area contributed by atoms with Gasteiger partial charge in [-0.1, -0.05) is 24.3 Å². The molecule has 12 aromatic rings. The van der Waals surface area contributed by atoms with Gasteiger partial charge in [0.15, 0.2) is 0 Å². The summed E-state index contributed by atoms with van der Waals surface area (Å²) in [5.74, 6) is 0. The van der Waals surface area contributed by atoms with Crippen LogP contribution in [0.4, 0.5) is 0 Å². The highest BCUT2D eigenvalue weighted by Gasteiger charge is 2.25. The lowest BCUT2D eigenvalue weighted by Gasteiger charge is -2.03. The molecule has 0 atom stereocenters. The lowest BCUT2D eigenvalue weighted by Crippen LogP contribution is -1.88. The van der Waals surface area contributed by atoms with Gasteiger partial charge in [0.25, 0.3) is 0 Å². The SMILES string of the molecule is c1cc2nc(c1)-c1sc(c3nccnc13)-c1cccc(n1)-c1sc(c3nccnc13)-c1cccc(n1)-c1sc(c3nccnc13)-c1cccc(n1)-c1sc-2c2nccnc12. The number of nitrogens with zero attached hydrogens (tertiary/aromatic N) is 12. The van der Waals surface area contributed by atoms with E-state index in [0.717, 1.165) is 129 Å². The summed E-state index contributed by atoms with van der Waals surface area (Å²) in [6, 6.07) is 24.2. The fourth-order valence-electron chi connectivity index (χ4n) is 7.62. The van der Waals surface area contributed by atoms with Gasteiger partial charge in [-0.2, -0.15) is 0 Å². The third-order valence-electron chi connectivity index (χ3n) is 10.2. The molecule has 60 heavy (non-hydrogen) atoms. The Morgan fingerprint density at radius 3 is 0.517 bits per heavy atom. The van der Waals surface area contributed by atoms with Gasteiger partial charge in [0, 0.05) is 49.6 Å². The molecule has 0 unspecified atom stereocenters. The molecule has 13 rings (SSSR count). The minimum Gasteiger partial charge on any atom is -0.251 e. The van der Waals surface area contributed by atoms with Gasteiger partial charge in [0.05, 0.1) is 84.6 Å². The fraction of sp³-hybridized carbons (Fsp3) is 0. The van der Waals surface area contributed by atoms with E-state index in [1.54, 1.807) is 94.9 Å². The van der Waals surface area contributed by atoms with E-state index < -0.39 is 0 Å². The summed E-state index contributed by atoms with van der Waals surface area (Å²) in [7, 11) is 0. The highest BCUT2D eigenvalue weighted by atomic mass is 32.1. The summed E-state index contributed by atoms with van der Waals surface area (Å²) in [4.78, 5) is 66.9. The molecular formula is C44H20N12S4. The number of hydrogen-bond donors (Lipinski definition) is 0. The zero-order valence-corrected chi connectivity index (χ0v) is 33.8. The maximum atomic E-state index is 5.27. The average Bonchev–Trinajstić information content (AvgIpc) is 4.10. The van der Waals surface area contributed by atoms with Crippen molar-refractivity contribution >= 4 is 89.5 Å². The van der Waals surface area contributed by atoms with Crippen molar-refractivity contribution in [3.8, 4) is 84.6 Å². The second kappa shape index (κ2) is 13.1. The van der Waals surface area contributed by atoms with Gasteiger partial charge in [-0.05, 0) is 48.5 Å². The summed E-state index contributed by atoms with van der Waals surface area (Å²) >= 11 is 6.30. The molecule has 0 fully saturated rings. The Hall–Kier alpha value is -7.24. The van der Waals surface area contributed by atoms with E-state index in [2.05, 4.69) is 0 Å². The van der Waals surface area contributed by atoms with Crippen molar-refractivity contribution in [2.45, 2.75) is 0 Å². The Labute approximate surface area is 354 Å². The predicted octanol–water partition coefficient (Wildman–Crippen LogP) is 10.9. The topological polar surface area (TPSA) is 155 Å². The third-order valence-corrected chi connectivity index (χ3v) is 15.0. The summed E-state index contributed by atoms with van der Waals surface area (Å²) in [6.07, 6.45) is 13.7. The van der Waals surface area contributed by atoms with Gasteiger partial charge in [-0.15, -0.1) is 45.3 Å². The van der Waals surface area contributed by atoms with E-state index in [4.69, 9.17) is 59.8 Å². The minimum atomic E-state index is 0.756. The van der Waals surface area contributed by atoms with Crippen LogP contribution in [0.5, 0.6) is 0 Å². The van der Waals surface area contributed by atoms with Gasteiger partial charge in [-0.3, -0.25) is 39.9 Å². The van der Waals surface area contributed by atoms with Gasteiger partial charge >= 0.3 is 0 Å². The van der Waals surface area contributed by atoms with Crippen LogP contribution in [0.15, 0.2) is 122 Å². The van der Waals surface area contributed by atoms with Crippen molar-refractivity contribution in [3.05, 3.63) is 122 Å². The van der Waals surface area contributed by atoms with Crippen molar-refractivity contribution in [1.82, 2.24) is 59.8 Å². The number of aromatic nitrogens is 12. The van der Waals surface area contributed by atoms with E-state index in [1.165, 1.54) is 0 Å². The molecule has 0 radical (unpaired) electrons. The summed E-state index contributed by atoms with van der Waals surface area (Å²) in [5.41, 5.74) is 12.2. The molecule has 1 aliphatic rings. The molecular weight excluding hydrogens is 825 g/mol. The van der Waals surface area contributed by atoms with Crippen LogP contribution in [-0.4, -0.2) is 59.8 Å². The Kier molecular flexibility index (Phi) is 7.38. The Morgan fingerprint density at radius 2 is 0.367 bits per heavy atom. The monoisotopic (exact) mass is 844 g/mol. The summed E-state index contributed by atoms with van der Waals surface area (Å²) in [6.45, 7) is 0. The second-order valence-electron chi connectivity index (χ2n) is 13.7. The Bertz CT molecular complexity index is 3020. The number of rotatable bonds is 0. The standard InChI is InChI=1S/C44H20N12S4/c1-5-21-37-29-31(47-15-13-45-29)39(57-37)23-7-2-9-25(54-23)41-33-35(51-19-17-49-33)43(59-41)27-11-4-12-28(56-27)44-36-34(50-18-20-52-36)42(60-44)26-10-3-8-24(55-26)40-32-30(46-14-16-48-32)38(58-40)22(6-1)53-21/h1-20H. The van der Waals surface area contributed by atoms with Crippen LogP contribution in [0.25, 0.3) is 129 Å². The Morgan fingerprint density at radius 1 is 0.217 bits per heavy atom. The van der Waals surface area contributed by atoms with Crippen molar-refractivity contribution < 1.29 is 0 Å². The lowest BCUT2D eigenvalue weighted by molar-refractivity contribution is 1.28. The van der Waals surface area contributed by atoms with Gasteiger partial charge in [-0.25, -0.2) is 19.9 Å². The molecule has 280 valence electrons. The van der Waals surface area contributed by atoms with Crippen LogP contribution in [-0.2, 0) is 0 Å². The maximum absolute atomic E-state index is 5.27. The van der Waals surface area contributed by atoms with E-state index in [0.29, 0.717) is 0 Å². The molecule has 0 amide bonds. The molecule has 0 aliphatic carbocycles.